The molecule has 0 amide bonds. The smallest absolute Gasteiger partial charge is 0.382 e. The molecule has 2 atom stereocenters. The third-order valence-electron chi connectivity index (χ3n) is 2.80. The lowest BCUT2D eigenvalue weighted by atomic mass is 10.1. The van der Waals surface area contributed by atoms with E-state index in [1.54, 1.807) is 6.92 Å². The highest BCUT2D eigenvalue weighted by atomic mass is 32.2. The van der Waals surface area contributed by atoms with Crippen LogP contribution in [0.4, 0.5) is 13.2 Å². The van der Waals surface area contributed by atoms with Crippen molar-refractivity contribution in [1.82, 2.24) is 5.32 Å². The Morgan fingerprint density at radius 2 is 1.75 bits per heavy atom. The van der Waals surface area contributed by atoms with Crippen LogP contribution >= 0.6 is 0 Å². The summed E-state index contributed by atoms with van der Waals surface area (Å²) in [6.07, 6.45) is -6.02. The summed E-state index contributed by atoms with van der Waals surface area (Å²) in [5.41, 5.74) is 0.631. The van der Waals surface area contributed by atoms with Crippen molar-refractivity contribution < 1.29 is 26.7 Å². The summed E-state index contributed by atoms with van der Waals surface area (Å²) in [6.45, 7) is 0.997. The highest BCUT2D eigenvalue weighted by Crippen LogP contribution is 2.21. The Morgan fingerprint density at radius 1 is 1.25 bits per heavy atom. The maximum atomic E-state index is 12.1. The highest BCUT2D eigenvalue weighted by Gasteiger charge is 2.37. The highest BCUT2D eigenvalue weighted by molar-refractivity contribution is 7.90. The van der Waals surface area contributed by atoms with Gasteiger partial charge in [-0.25, -0.2) is 8.42 Å². The Hall–Kier alpha value is -1.12. The molecular weight excluding hydrogens is 295 g/mol. The van der Waals surface area contributed by atoms with E-state index in [1.807, 2.05) is 0 Å². The van der Waals surface area contributed by atoms with E-state index in [4.69, 9.17) is 5.11 Å². The summed E-state index contributed by atoms with van der Waals surface area (Å²) >= 11 is 0. The largest absolute Gasteiger partial charge is 0.415 e. The van der Waals surface area contributed by atoms with Crippen molar-refractivity contribution in [3.63, 3.8) is 0 Å². The number of nitrogens with one attached hydrogen (secondary N) is 1. The average molecular weight is 311 g/mol. The Kier molecular flexibility index (Phi) is 5.17. The number of hydrogen-bond acceptors (Lipinski definition) is 4. The minimum Gasteiger partial charge on any atom is -0.382 e. The van der Waals surface area contributed by atoms with Crippen LogP contribution in [0.15, 0.2) is 29.2 Å². The molecule has 0 spiro atoms. The number of benzene rings is 1. The first-order valence-electron chi connectivity index (χ1n) is 5.80. The molecule has 1 aromatic rings. The molecule has 1 aromatic carbocycles. The minimum atomic E-state index is -4.66. The van der Waals surface area contributed by atoms with Crippen molar-refractivity contribution in [2.45, 2.75) is 30.1 Å². The van der Waals surface area contributed by atoms with Gasteiger partial charge in [0, 0.05) is 18.8 Å². The van der Waals surface area contributed by atoms with Gasteiger partial charge < -0.3 is 10.4 Å². The number of sulfone groups is 1. The van der Waals surface area contributed by atoms with Crippen molar-refractivity contribution in [2.24, 2.45) is 0 Å². The lowest BCUT2D eigenvalue weighted by molar-refractivity contribution is -0.202. The van der Waals surface area contributed by atoms with Crippen LogP contribution in [0.5, 0.6) is 0 Å². The number of alkyl halides is 3. The van der Waals surface area contributed by atoms with Crippen LogP contribution in [0.2, 0.25) is 0 Å². The minimum absolute atomic E-state index is 0.142. The molecule has 0 heterocycles. The van der Waals surface area contributed by atoms with E-state index in [9.17, 15) is 21.6 Å². The number of aliphatic hydroxyl groups is 1. The van der Waals surface area contributed by atoms with Crippen LogP contribution in [0.25, 0.3) is 0 Å². The van der Waals surface area contributed by atoms with E-state index in [-0.39, 0.29) is 4.90 Å². The van der Waals surface area contributed by atoms with Crippen LogP contribution in [-0.4, -0.2) is 38.6 Å². The molecule has 0 aliphatic carbocycles. The quantitative estimate of drug-likeness (QED) is 0.868. The molecule has 0 aromatic heterocycles. The molecule has 20 heavy (non-hydrogen) atoms. The van der Waals surface area contributed by atoms with E-state index in [0.29, 0.717) is 5.56 Å². The lowest BCUT2D eigenvalue weighted by Gasteiger charge is -2.19. The summed E-state index contributed by atoms with van der Waals surface area (Å²) in [4.78, 5) is 0.142. The first-order chi connectivity index (χ1) is 9.01. The van der Waals surface area contributed by atoms with Crippen LogP contribution in [0.1, 0.15) is 18.5 Å². The topological polar surface area (TPSA) is 66.4 Å². The Bertz CT molecular complexity index is 540. The molecule has 0 saturated carbocycles. The molecule has 0 radical (unpaired) electrons. The predicted octanol–water partition coefficient (Wildman–Crippen LogP) is 1.66. The number of aliphatic hydroxyl groups excluding tert-OH is 1. The molecule has 0 saturated heterocycles. The third kappa shape index (κ3) is 4.77. The first kappa shape index (κ1) is 16.9. The van der Waals surface area contributed by atoms with Gasteiger partial charge in [0.1, 0.15) is 0 Å². The molecule has 2 unspecified atom stereocenters. The number of hydrogen-bond donors (Lipinski definition) is 2. The van der Waals surface area contributed by atoms with Gasteiger partial charge in [0.15, 0.2) is 15.9 Å². The second-order valence-corrected chi connectivity index (χ2v) is 6.54. The normalized spacial score (nSPS) is 15.9. The van der Waals surface area contributed by atoms with Gasteiger partial charge in [0.05, 0.1) is 4.90 Å². The first-order valence-corrected chi connectivity index (χ1v) is 7.69. The Morgan fingerprint density at radius 3 is 2.15 bits per heavy atom. The van der Waals surface area contributed by atoms with Gasteiger partial charge in [-0.2, -0.15) is 13.2 Å². The summed E-state index contributed by atoms with van der Waals surface area (Å²) in [5, 5.41) is 11.4. The average Bonchev–Trinajstić information content (AvgIpc) is 2.33. The zero-order valence-corrected chi connectivity index (χ0v) is 11.8. The molecule has 1 rings (SSSR count). The van der Waals surface area contributed by atoms with Gasteiger partial charge in [0.2, 0.25) is 0 Å². The van der Waals surface area contributed by atoms with E-state index in [1.165, 1.54) is 24.3 Å². The molecule has 0 fully saturated rings. The van der Waals surface area contributed by atoms with E-state index < -0.39 is 34.7 Å². The van der Waals surface area contributed by atoms with Gasteiger partial charge in [-0.3, -0.25) is 0 Å². The Labute approximate surface area is 115 Å². The van der Waals surface area contributed by atoms with Crippen LogP contribution < -0.4 is 5.32 Å². The van der Waals surface area contributed by atoms with Gasteiger partial charge in [0.25, 0.3) is 0 Å². The van der Waals surface area contributed by atoms with Gasteiger partial charge in [-0.05, 0) is 24.6 Å². The molecule has 4 nitrogen and oxygen atoms in total. The van der Waals surface area contributed by atoms with E-state index in [0.717, 1.165) is 6.26 Å². The van der Waals surface area contributed by atoms with E-state index in [2.05, 4.69) is 5.32 Å². The molecule has 0 bridgehead atoms. The van der Waals surface area contributed by atoms with Gasteiger partial charge in [-0.15, -0.1) is 0 Å². The summed E-state index contributed by atoms with van der Waals surface area (Å²) in [5.74, 6) is 0. The van der Waals surface area contributed by atoms with E-state index >= 15 is 0 Å². The van der Waals surface area contributed by atoms with Crippen LogP contribution in [-0.2, 0) is 9.84 Å². The van der Waals surface area contributed by atoms with Crippen LogP contribution in [0, 0.1) is 0 Å². The molecule has 2 N–H and O–H groups in total. The number of halogens is 3. The zero-order chi connectivity index (χ0) is 15.6. The fraction of sp³-hybridized carbons (Fsp3) is 0.500. The summed E-state index contributed by atoms with van der Waals surface area (Å²) in [7, 11) is -3.30. The monoisotopic (exact) mass is 311 g/mol. The van der Waals surface area contributed by atoms with Crippen molar-refractivity contribution in [1.29, 1.82) is 0 Å². The maximum Gasteiger partial charge on any atom is 0.415 e. The van der Waals surface area contributed by atoms with Crippen molar-refractivity contribution in [3.05, 3.63) is 29.8 Å². The second-order valence-electron chi connectivity index (χ2n) is 4.53. The third-order valence-corrected chi connectivity index (χ3v) is 3.93. The molecule has 0 aliphatic heterocycles. The standard InChI is InChI=1S/C12H16F3NO3S/c1-8(16-7-11(17)12(13,14)15)9-3-5-10(6-4-9)20(2,18)19/h3-6,8,11,16-17H,7H2,1-2H3. The summed E-state index contributed by atoms with van der Waals surface area (Å²) < 4.78 is 58.9. The van der Waals surface area contributed by atoms with Crippen LogP contribution in [0.3, 0.4) is 0 Å². The van der Waals surface area contributed by atoms with Gasteiger partial charge >= 0.3 is 6.18 Å². The molecule has 114 valence electrons. The Balaban J connectivity index is 2.67. The SMILES string of the molecule is CC(NCC(O)C(F)(F)F)c1ccc(S(C)(=O)=O)cc1. The van der Waals surface area contributed by atoms with Crippen molar-refractivity contribution in [2.75, 3.05) is 12.8 Å². The maximum absolute atomic E-state index is 12.1. The zero-order valence-electron chi connectivity index (χ0n) is 11.0. The van der Waals surface area contributed by atoms with Gasteiger partial charge in [-0.1, -0.05) is 12.1 Å². The predicted molar refractivity (Wildman–Crippen MR) is 68.0 cm³/mol. The molecule has 8 heteroatoms. The number of rotatable bonds is 5. The fourth-order valence-corrected chi connectivity index (χ4v) is 2.16. The van der Waals surface area contributed by atoms with Crippen molar-refractivity contribution >= 4 is 9.84 Å². The fourth-order valence-electron chi connectivity index (χ4n) is 1.53. The lowest BCUT2D eigenvalue weighted by Crippen LogP contribution is -2.39. The molecular formula is C12H16F3NO3S. The molecule has 0 aliphatic rings. The van der Waals surface area contributed by atoms with Crippen molar-refractivity contribution in [3.8, 4) is 0 Å². The summed E-state index contributed by atoms with van der Waals surface area (Å²) in [6, 6.07) is 5.38. The second kappa shape index (κ2) is 6.11.